The zero-order valence-electron chi connectivity index (χ0n) is 9.60. The topological polar surface area (TPSA) is 77.4 Å². The zero-order chi connectivity index (χ0) is 11.9. The van der Waals surface area contributed by atoms with Crippen LogP contribution in [0.1, 0.15) is 51.4 Å². The number of rotatable bonds is 13. The lowest BCUT2D eigenvalue weighted by Crippen LogP contribution is -1.97. The molecule has 0 aliphatic heterocycles. The SMILES string of the molecule is OCCCCCCCCCCOOOOO. The molecule has 0 fully saturated rings. The second-order valence-corrected chi connectivity index (χ2v) is 3.58. The van der Waals surface area contributed by atoms with E-state index < -0.39 is 0 Å². The molecule has 0 amide bonds. The van der Waals surface area contributed by atoms with Crippen LogP contribution in [0.4, 0.5) is 0 Å². The van der Waals surface area contributed by atoms with Crippen LogP contribution in [-0.2, 0) is 20.0 Å². The van der Waals surface area contributed by atoms with Gasteiger partial charge in [-0.25, -0.2) is 10.1 Å². The van der Waals surface area contributed by atoms with Gasteiger partial charge >= 0.3 is 0 Å². The first-order valence-corrected chi connectivity index (χ1v) is 5.79. The minimum absolute atomic E-state index is 0.303. The summed E-state index contributed by atoms with van der Waals surface area (Å²) in [4.78, 5) is 4.50. The fraction of sp³-hybridized carbons (Fsp3) is 1.00. The number of aliphatic hydroxyl groups excluding tert-OH is 1. The van der Waals surface area contributed by atoms with Crippen molar-refractivity contribution in [2.45, 2.75) is 51.4 Å². The highest BCUT2D eigenvalue weighted by Crippen LogP contribution is 2.08. The van der Waals surface area contributed by atoms with Gasteiger partial charge < -0.3 is 5.11 Å². The molecule has 6 heteroatoms. The lowest BCUT2D eigenvalue weighted by atomic mass is 10.1. The highest BCUT2D eigenvalue weighted by molar-refractivity contribution is 4.46. The normalized spacial score (nSPS) is 10.9. The summed E-state index contributed by atoms with van der Waals surface area (Å²) in [6, 6.07) is 0. The van der Waals surface area contributed by atoms with Crippen LogP contribution in [0.3, 0.4) is 0 Å². The standard InChI is InChI=1S/C10H22O6/c11-9-7-5-3-1-2-4-6-8-10-13-15-16-14-12/h11-12H,1-10H2. The van der Waals surface area contributed by atoms with Gasteiger partial charge in [0.2, 0.25) is 0 Å². The summed E-state index contributed by atoms with van der Waals surface area (Å²) in [5, 5.41) is 27.0. The first kappa shape index (κ1) is 15.8. The lowest BCUT2D eigenvalue weighted by Gasteiger charge is -2.01. The maximum atomic E-state index is 8.57. The van der Waals surface area contributed by atoms with E-state index in [0.29, 0.717) is 13.2 Å². The number of hydrogen-bond acceptors (Lipinski definition) is 6. The van der Waals surface area contributed by atoms with E-state index in [4.69, 9.17) is 10.4 Å². The van der Waals surface area contributed by atoms with Crippen LogP contribution in [0.25, 0.3) is 0 Å². The van der Waals surface area contributed by atoms with Gasteiger partial charge in [-0.1, -0.05) is 38.5 Å². The van der Waals surface area contributed by atoms with E-state index in [-0.39, 0.29) is 0 Å². The molecule has 0 unspecified atom stereocenters. The van der Waals surface area contributed by atoms with Crippen LogP contribution in [-0.4, -0.2) is 23.6 Å². The minimum atomic E-state index is 0.303. The van der Waals surface area contributed by atoms with Crippen LogP contribution in [0, 0.1) is 0 Å². The number of unbranched alkanes of at least 4 members (excludes halogenated alkanes) is 7. The van der Waals surface area contributed by atoms with Crippen LogP contribution >= 0.6 is 0 Å². The van der Waals surface area contributed by atoms with E-state index in [0.717, 1.165) is 25.7 Å². The third-order valence-electron chi connectivity index (χ3n) is 2.24. The van der Waals surface area contributed by atoms with Crippen LogP contribution in [0.15, 0.2) is 0 Å². The predicted molar refractivity (Wildman–Crippen MR) is 55.9 cm³/mol. The van der Waals surface area contributed by atoms with Gasteiger partial charge in [0.25, 0.3) is 0 Å². The summed E-state index contributed by atoms with van der Waals surface area (Å²) in [5.41, 5.74) is 0. The molecular formula is C10H22O6. The quantitative estimate of drug-likeness (QED) is 0.291. The van der Waals surface area contributed by atoms with Gasteiger partial charge in [0.1, 0.15) is 0 Å². The highest BCUT2D eigenvalue weighted by atomic mass is 17.8. The summed E-state index contributed by atoms with van der Waals surface area (Å²) in [6.45, 7) is 0.713. The second-order valence-electron chi connectivity index (χ2n) is 3.58. The molecule has 0 rings (SSSR count). The summed E-state index contributed by atoms with van der Waals surface area (Å²) < 4.78 is 0. The Labute approximate surface area is 95.8 Å². The van der Waals surface area contributed by atoms with E-state index in [1.54, 1.807) is 0 Å². The molecule has 16 heavy (non-hydrogen) atoms. The van der Waals surface area contributed by atoms with E-state index in [2.05, 4.69) is 20.0 Å². The van der Waals surface area contributed by atoms with Gasteiger partial charge in [0, 0.05) is 6.61 Å². The van der Waals surface area contributed by atoms with E-state index in [1.165, 1.54) is 25.7 Å². The molecular weight excluding hydrogens is 216 g/mol. The summed E-state index contributed by atoms with van der Waals surface area (Å²) in [5.74, 6) is 0. The summed E-state index contributed by atoms with van der Waals surface area (Å²) in [7, 11) is 0. The monoisotopic (exact) mass is 238 g/mol. The molecule has 0 bridgehead atoms. The molecule has 98 valence electrons. The molecule has 0 aliphatic carbocycles. The third kappa shape index (κ3) is 13.8. The van der Waals surface area contributed by atoms with E-state index in [9.17, 15) is 0 Å². The van der Waals surface area contributed by atoms with Gasteiger partial charge in [-0.3, -0.25) is 0 Å². The summed E-state index contributed by atoms with van der Waals surface area (Å²) >= 11 is 0. The van der Waals surface area contributed by atoms with Crippen molar-refractivity contribution < 1.29 is 30.4 Å². The third-order valence-corrected chi connectivity index (χ3v) is 2.24. The molecule has 0 spiro atoms. The van der Waals surface area contributed by atoms with Crippen molar-refractivity contribution >= 4 is 0 Å². The Morgan fingerprint density at radius 1 is 0.688 bits per heavy atom. The molecule has 2 N–H and O–H groups in total. The molecule has 0 aromatic carbocycles. The molecule has 0 radical (unpaired) electrons. The molecule has 0 aromatic rings. The molecule has 6 nitrogen and oxygen atoms in total. The second kappa shape index (κ2) is 14.8. The van der Waals surface area contributed by atoms with Crippen molar-refractivity contribution in [2.24, 2.45) is 0 Å². The van der Waals surface area contributed by atoms with Crippen molar-refractivity contribution in [3.05, 3.63) is 0 Å². The average Bonchev–Trinajstić information content (AvgIpc) is 2.31. The molecule has 0 saturated carbocycles. The zero-order valence-corrected chi connectivity index (χ0v) is 9.60. The Morgan fingerprint density at radius 2 is 1.25 bits per heavy atom. The van der Waals surface area contributed by atoms with E-state index in [1.807, 2.05) is 0 Å². The first-order chi connectivity index (χ1) is 7.91. The molecule has 0 atom stereocenters. The van der Waals surface area contributed by atoms with E-state index >= 15 is 0 Å². The van der Waals surface area contributed by atoms with Crippen molar-refractivity contribution in [1.29, 1.82) is 0 Å². The Balaban J connectivity index is 2.83. The van der Waals surface area contributed by atoms with Crippen molar-refractivity contribution in [3.63, 3.8) is 0 Å². The molecule has 0 heterocycles. The maximum absolute atomic E-state index is 8.57. The molecule has 0 aliphatic rings. The molecule has 0 saturated heterocycles. The van der Waals surface area contributed by atoms with Crippen LogP contribution in [0.5, 0.6) is 0 Å². The van der Waals surface area contributed by atoms with Gasteiger partial charge in [0.15, 0.2) is 0 Å². The summed E-state index contributed by atoms with van der Waals surface area (Å²) in [6.07, 6.45) is 8.78. The van der Waals surface area contributed by atoms with Crippen molar-refractivity contribution in [2.75, 3.05) is 13.2 Å². The van der Waals surface area contributed by atoms with Gasteiger partial charge in [-0.05, 0) is 28.0 Å². The largest absolute Gasteiger partial charge is 0.396 e. The maximum Gasteiger partial charge on any atom is 0.0855 e. The highest BCUT2D eigenvalue weighted by Gasteiger charge is 1.93. The van der Waals surface area contributed by atoms with Crippen molar-refractivity contribution in [1.82, 2.24) is 0 Å². The van der Waals surface area contributed by atoms with Gasteiger partial charge in [-0.2, -0.15) is 0 Å². The lowest BCUT2D eigenvalue weighted by molar-refractivity contribution is -0.702. The van der Waals surface area contributed by atoms with Gasteiger partial charge in [0.05, 0.1) is 6.61 Å². The Kier molecular flexibility index (Phi) is 14.5. The Hall–Kier alpha value is -0.240. The fourth-order valence-corrected chi connectivity index (χ4v) is 1.40. The number of hydrogen-bond donors (Lipinski definition) is 2. The molecule has 0 aromatic heterocycles. The Bertz CT molecular complexity index is 108. The number of aliphatic hydroxyl groups is 1. The van der Waals surface area contributed by atoms with Gasteiger partial charge in [-0.15, -0.1) is 0 Å². The average molecular weight is 238 g/mol. The van der Waals surface area contributed by atoms with Crippen LogP contribution in [0.2, 0.25) is 0 Å². The fourth-order valence-electron chi connectivity index (χ4n) is 1.40. The predicted octanol–water partition coefficient (Wildman–Crippen LogP) is 2.38. The smallest absolute Gasteiger partial charge is 0.0855 e. The van der Waals surface area contributed by atoms with Crippen LogP contribution < -0.4 is 0 Å². The first-order valence-electron chi connectivity index (χ1n) is 5.79. The minimum Gasteiger partial charge on any atom is -0.396 e. The Morgan fingerprint density at radius 3 is 1.81 bits per heavy atom. The van der Waals surface area contributed by atoms with Crippen molar-refractivity contribution in [3.8, 4) is 0 Å².